The molecule has 1 heteroatoms. The van der Waals surface area contributed by atoms with Crippen LogP contribution in [0.3, 0.4) is 0 Å². The summed E-state index contributed by atoms with van der Waals surface area (Å²) in [4.78, 5) is 0. The van der Waals surface area contributed by atoms with Crippen LogP contribution in [0.1, 0.15) is 126 Å². The third-order valence-corrected chi connectivity index (χ3v) is 10.2. The first-order valence-electron chi connectivity index (χ1n) is 13.9. The minimum absolute atomic E-state index is 0.221. The fourth-order valence-corrected chi connectivity index (χ4v) is 8.48. The lowest BCUT2D eigenvalue weighted by atomic mass is 9.47. The molecule has 4 rings (SSSR count). The van der Waals surface area contributed by atoms with Crippen LogP contribution in [0.25, 0.3) is 0 Å². The number of fused-ring (bicyclic) bond motifs is 5. The summed E-state index contributed by atoms with van der Waals surface area (Å²) in [6.45, 7) is 15.9. The Morgan fingerprint density at radius 3 is 2.48 bits per heavy atom. The van der Waals surface area contributed by atoms with Crippen LogP contribution < -0.4 is 0 Å². The Labute approximate surface area is 194 Å². The van der Waals surface area contributed by atoms with Crippen molar-refractivity contribution >= 4 is 0 Å². The second-order valence-corrected chi connectivity index (χ2v) is 11.7. The molecule has 0 radical (unpaired) electrons. The van der Waals surface area contributed by atoms with Crippen molar-refractivity contribution in [1.82, 2.24) is 0 Å². The van der Waals surface area contributed by atoms with Crippen LogP contribution in [-0.4, -0.2) is 11.2 Å². The molecule has 1 nitrogen and oxygen atoms in total. The predicted octanol–water partition coefficient (Wildman–Crippen LogP) is 8.87. The van der Waals surface area contributed by atoms with Crippen LogP contribution in [0.2, 0.25) is 0 Å². The highest BCUT2D eigenvalue weighted by Gasteiger charge is 2.58. The molecule has 4 aliphatic carbocycles. The molecule has 5 unspecified atom stereocenters. The Hall–Kier alpha value is -0.560. The van der Waals surface area contributed by atoms with Gasteiger partial charge in [0.15, 0.2) is 0 Å². The Balaban J connectivity index is 0.00000132. The Kier molecular flexibility index (Phi) is 8.21. The minimum Gasteiger partial charge on any atom is -0.389 e. The summed E-state index contributed by atoms with van der Waals surface area (Å²) < 4.78 is 0. The number of allylic oxidation sites excluding steroid dienone is 3. The summed E-state index contributed by atoms with van der Waals surface area (Å²) >= 11 is 0. The van der Waals surface area contributed by atoms with Crippen molar-refractivity contribution in [2.75, 3.05) is 0 Å². The summed E-state index contributed by atoms with van der Waals surface area (Å²) in [6, 6.07) is 0. The van der Waals surface area contributed by atoms with E-state index in [0.29, 0.717) is 16.7 Å². The van der Waals surface area contributed by atoms with Gasteiger partial charge in [0, 0.05) is 0 Å². The molecule has 0 heterocycles. The summed E-state index contributed by atoms with van der Waals surface area (Å²) in [7, 11) is 0. The maximum Gasteiger partial charge on any atom is 0.0750 e. The highest BCUT2D eigenvalue weighted by molar-refractivity contribution is 5.33. The first kappa shape index (κ1) is 25.1. The Morgan fingerprint density at radius 1 is 1.06 bits per heavy atom. The molecule has 0 aromatic carbocycles. The largest absolute Gasteiger partial charge is 0.389 e. The van der Waals surface area contributed by atoms with Gasteiger partial charge in [0.05, 0.1) is 6.10 Å². The van der Waals surface area contributed by atoms with Gasteiger partial charge in [0.25, 0.3) is 0 Å². The topological polar surface area (TPSA) is 20.2 Å². The third-order valence-electron chi connectivity index (χ3n) is 10.2. The van der Waals surface area contributed by atoms with Gasteiger partial charge in [-0.05, 0) is 118 Å². The van der Waals surface area contributed by atoms with Crippen LogP contribution >= 0.6 is 0 Å². The zero-order valence-electron chi connectivity index (χ0n) is 21.9. The monoisotopic (exact) mass is 428 g/mol. The normalized spacial score (nSPS) is 39.5. The molecule has 6 atom stereocenters. The second-order valence-electron chi connectivity index (χ2n) is 11.7. The number of aliphatic hydroxyl groups is 1. The van der Waals surface area contributed by atoms with Crippen molar-refractivity contribution in [1.29, 1.82) is 0 Å². The van der Waals surface area contributed by atoms with E-state index < -0.39 is 0 Å². The van der Waals surface area contributed by atoms with Crippen molar-refractivity contribution in [3.8, 4) is 0 Å². The van der Waals surface area contributed by atoms with E-state index in [-0.39, 0.29) is 6.10 Å². The van der Waals surface area contributed by atoms with Gasteiger partial charge in [-0.2, -0.15) is 0 Å². The number of hydrogen-bond donors (Lipinski definition) is 1. The highest BCUT2D eigenvalue weighted by Crippen LogP contribution is 2.67. The summed E-state index contributed by atoms with van der Waals surface area (Å²) in [6.07, 6.45) is 18.2. The number of aliphatic hydroxyl groups excluding tert-OH is 1. The first-order chi connectivity index (χ1) is 14.8. The molecule has 1 N–H and O–H groups in total. The molecular formula is C30H52O. The molecule has 0 spiro atoms. The molecule has 0 aromatic rings. The van der Waals surface area contributed by atoms with Crippen LogP contribution in [0, 0.1) is 34.5 Å². The van der Waals surface area contributed by atoms with Crippen LogP contribution in [0.15, 0.2) is 22.8 Å². The Bertz CT molecular complexity index is 670. The predicted molar refractivity (Wildman–Crippen MR) is 135 cm³/mol. The molecule has 4 aliphatic rings. The zero-order valence-corrected chi connectivity index (χ0v) is 21.9. The van der Waals surface area contributed by atoms with Crippen LogP contribution in [0.5, 0.6) is 0 Å². The maximum atomic E-state index is 11.0. The van der Waals surface area contributed by atoms with E-state index in [1.807, 2.05) is 19.4 Å². The van der Waals surface area contributed by atoms with Crippen molar-refractivity contribution < 1.29 is 5.11 Å². The van der Waals surface area contributed by atoms with Gasteiger partial charge in [-0.15, -0.1) is 0 Å². The molecule has 0 aromatic heterocycles. The van der Waals surface area contributed by atoms with Gasteiger partial charge in [-0.1, -0.05) is 65.2 Å². The van der Waals surface area contributed by atoms with E-state index in [4.69, 9.17) is 0 Å². The van der Waals surface area contributed by atoms with Gasteiger partial charge < -0.3 is 5.11 Å². The SMILES string of the molecule is CC.CCC12CCC3C(CC=C4CCCCC43C)C1CC/C2=C(/C)[C@@H](O)CCC(C)C. The maximum absolute atomic E-state index is 11.0. The lowest BCUT2D eigenvalue weighted by Crippen LogP contribution is -2.49. The van der Waals surface area contributed by atoms with Crippen molar-refractivity contribution in [3.63, 3.8) is 0 Å². The number of rotatable bonds is 5. The first-order valence-corrected chi connectivity index (χ1v) is 13.9. The van der Waals surface area contributed by atoms with E-state index in [9.17, 15) is 5.11 Å². The third kappa shape index (κ3) is 4.34. The van der Waals surface area contributed by atoms with Gasteiger partial charge in [-0.3, -0.25) is 0 Å². The minimum atomic E-state index is -0.221. The van der Waals surface area contributed by atoms with Crippen molar-refractivity contribution in [3.05, 3.63) is 22.8 Å². The fraction of sp³-hybridized carbons (Fsp3) is 0.867. The molecular weight excluding hydrogens is 376 g/mol. The van der Waals surface area contributed by atoms with Crippen LogP contribution in [0.4, 0.5) is 0 Å². The average molecular weight is 429 g/mol. The van der Waals surface area contributed by atoms with Crippen LogP contribution in [-0.2, 0) is 0 Å². The summed E-state index contributed by atoms with van der Waals surface area (Å²) in [5, 5.41) is 11.0. The second kappa shape index (κ2) is 10.1. The smallest absolute Gasteiger partial charge is 0.0750 e. The fourth-order valence-electron chi connectivity index (χ4n) is 8.48. The number of hydrogen-bond acceptors (Lipinski definition) is 1. The van der Waals surface area contributed by atoms with E-state index >= 15 is 0 Å². The zero-order chi connectivity index (χ0) is 22.8. The van der Waals surface area contributed by atoms with Gasteiger partial charge >= 0.3 is 0 Å². The lowest BCUT2D eigenvalue weighted by Gasteiger charge is -2.58. The van der Waals surface area contributed by atoms with Gasteiger partial charge in [0.1, 0.15) is 0 Å². The van der Waals surface area contributed by atoms with E-state index in [2.05, 4.69) is 40.7 Å². The summed E-state index contributed by atoms with van der Waals surface area (Å²) in [5.41, 5.74) is 5.75. The van der Waals surface area contributed by atoms with E-state index in [1.165, 1.54) is 69.8 Å². The van der Waals surface area contributed by atoms with E-state index in [0.717, 1.165) is 30.6 Å². The molecule has 178 valence electrons. The van der Waals surface area contributed by atoms with E-state index in [1.54, 1.807) is 5.57 Å². The van der Waals surface area contributed by atoms with Gasteiger partial charge in [-0.25, -0.2) is 0 Å². The lowest BCUT2D eigenvalue weighted by molar-refractivity contribution is -0.0229. The quantitative estimate of drug-likeness (QED) is 0.433. The van der Waals surface area contributed by atoms with Crippen molar-refractivity contribution in [2.45, 2.75) is 132 Å². The van der Waals surface area contributed by atoms with Crippen molar-refractivity contribution in [2.24, 2.45) is 34.5 Å². The van der Waals surface area contributed by atoms with Gasteiger partial charge in [0.2, 0.25) is 0 Å². The molecule has 3 fully saturated rings. The molecule has 0 amide bonds. The molecule has 0 bridgehead atoms. The molecule has 31 heavy (non-hydrogen) atoms. The average Bonchev–Trinajstić information content (AvgIpc) is 3.18. The highest BCUT2D eigenvalue weighted by atomic mass is 16.3. The molecule has 0 saturated heterocycles. The standard InChI is InChI=1S/C28H46O.C2H6/c1-6-28-18-16-24-22(12-11-21-9-7-8-17-27(21,24)5)25(28)14-13-23(28)20(4)26(29)15-10-19(2)3;1-2/h11,19,22,24-26,29H,6-10,12-18H2,1-5H3;1-2H3/b23-20+;/t22?,24?,25?,26-,27?,28?;/m0./s1. The summed E-state index contributed by atoms with van der Waals surface area (Å²) in [5.74, 6) is 3.32. The molecule has 3 saturated carbocycles. The Morgan fingerprint density at radius 2 is 1.81 bits per heavy atom. The molecule has 0 aliphatic heterocycles.